The predicted octanol–water partition coefficient (Wildman–Crippen LogP) is 1.74. The zero-order valence-corrected chi connectivity index (χ0v) is 12.0. The molecule has 4 nitrogen and oxygen atoms in total. The number of hydrogen-bond acceptors (Lipinski definition) is 4. The summed E-state index contributed by atoms with van der Waals surface area (Å²) in [7, 11) is 4.00. The highest BCUT2D eigenvalue weighted by atomic mass is 19.1. The van der Waals surface area contributed by atoms with Crippen LogP contribution in [0.25, 0.3) is 0 Å². The Morgan fingerprint density at radius 1 is 1.45 bits per heavy atom. The number of phenolic OH excluding ortho intramolecular Hbond substituents is 1. The summed E-state index contributed by atoms with van der Waals surface area (Å²) < 4.78 is 13.2. The lowest BCUT2D eigenvalue weighted by Gasteiger charge is -2.34. The molecule has 0 unspecified atom stereocenters. The van der Waals surface area contributed by atoms with Gasteiger partial charge in [-0.05, 0) is 58.2 Å². The molecule has 0 spiro atoms. The summed E-state index contributed by atoms with van der Waals surface area (Å²) in [6.07, 6.45) is 2.05. The number of benzene rings is 1. The number of halogens is 1. The molecule has 0 saturated carbocycles. The Bertz CT molecular complexity index is 485. The van der Waals surface area contributed by atoms with Crippen molar-refractivity contribution in [2.75, 3.05) is 33.7 Å². The van der Waals surface area contributed by atoms with Gasteiger partial charge >= 0.3 is 0 Å². The summed E-state index contributed by atoms with van der Waals surface area (Å²) >= 11 is 0. The number of carbonyl (C=O) groups excluding carboxylic acids is 1. The molecule has 0 radical (unpaired) electrons. The first kappa shape index (κ1) is 14.9. The summed E-state index contributed by atoms with van der Waals surface area (Å²) in [5.41, 5.74) is 0.0600. The standard InChI is InChI=1S/C15H21FN2O2/c1-17-7-5-12(6-8-17)18(2)10-15(20)13-9-11(16)3-4-14(13)19/h3-4,9,12,19H,5-8,10H2,1-2H3. The van der Waals surface area contributed by atoms with E-state index in [0.717, 1.165) is 38.1 Å². The van der Waals surface area contributed by atoms with E-state index in [9.17, 15) is 14.3 Å². The maximum Gasteiger partial charge on any atom is 0.180 e. The van der Waals surface area contributed by atoms with Crippen LogP contribution in [0.15, 0.2) is 18.2 Å². The fraction of sp³-hybridized carbons (Fsp3) is 0.533. The molecule has 1 heterocycles. The third-order valence-corrected chi connectivity index (χ3v) is 3.96. The van der Waals surface area contributed by atoms with Crippen LogP contribution in [0.3, 0.4) is 0 Å². The van der Waals surface area contributed by atoms with Gasteiger partial charge in [0.2, 0.25) is 0 Å². The van der Waals surface area contributed by atoms with E-state index < -0.39 is 5.82 Å². The summed E-state index contributed by atoms with van der Waals surface area (Å²) in [6, 6.07) is 3.83. The van der Waals surface area contributed by atoms with Gasteiger partial charge in [-0.2, -0.15) is 0 Å². The molecule has 0 aromatic heterocycles. The average Bonchev–Trinajstić information content (AvgIpc) is 2.42. The number of nitrogens with zero attached hydrogens (tertiary/aromatic N) is 2. The number of likely N-dealkylation sites (tertiary alicyclic amines) is 1. The van der Waals surface area contributed by atoms with Gasteiger partial charge in [0, 0.05) is 6.04 Å². The number of piperidine rings is 1. The molecule has 1 saturated heterocycles. The highest BCUT2D eigenvalue weighted by Crippen LogP contribution is 2.20. The lowest BCUT2D eigenvalue weighted by atomic mass is 10.0. The number of hydrogen-bond donors (Lipinski definition) is 1. The topological polar surface area (TPSA) is 43.8 Å². The number of ketones is 1. The smallest absolute Gasteiger partial charge is 0.180 e. The number of likely N-dealkylation sites (N-methyl/N-ethyl adjacent to an activating group) is 1. The van der Waals surface area contributed by atoms with Crippen molar-refractivity contribution in [2.24, 2.45) is 0 Å². The van der Waals surface area contributed by atoms with Crippen molar-refractivity contribution in [3.63, 3.8) is 0 Å². The van der Waals surface area contributed by atoms with Gasteiger partial charge in [0.1, 0.15) is 11.6 Å². The molecule has 1 aliphatic rings. The van der Waals surface area contributed by atoms with Gasteiger partial charge in [0.15, 0.2) is 5.78 Å². The van der Waals surface area contributed by atoms with Crippen molar-refractivity contribution in [3.8, 4) is 5.75 Å². The minimum Gasteiger partial charge on any atom is -0.507 e. The van der Waals surface area contributed by atoms with Crippen LogP contribution in [0, 0.1) is 5.82 Å². The summed E-state index contributed by atoms with van der Waals surface area (Å²) in [5.74, 6) is -0.912. The highest BCUT2D eigenvalue weighted by molar-refractivity contribution is 6.00. The number of rotatable bonds is 4. The van der Waals surface area contributed by atoms with Crippen LogP contribution in [0.5, 0.6) is 5.75 Å². The Hall–Kier alpha value is -1.46. The fourth-order valence-corrected chi connectivity index (χ4v) is 2.61. The fourth-order valence-electron chi connectivity index (χ4n) is 2.61. The van der Waals surface area contributed by atoms with E-state index in [-0.39, 0.29) is 23.6 Å². The largest absolute Gasteiger partial charge is 0.507 e. The van der Waals surface area contributed by atoms with E-state index in [1.807, 2.05) is 11.9 Å². The predicted molar refractivity (Wildman–Crippen MR) is 75.5 cm³/mol. The third-order valence-electron chi connectivity index (χ3n) is 3.96. The van der Waals surface area contributed by atoms with E-state index in [1.165, 1.54) is 6.07 Å². The molecule has 0 bridgehead atoms. The molecule has 1 aromatic rings. The van der Waals surface area contributed by atoms with Gasteiger partial charge in [-0.15, -0.1) is 0 Å². The van der Waals surface area contributed by atoms with Gasteiger partial charge in [-0.3, -0.25) is 9.69 Å². The molecule has 2 rings (SSSR count). The normalized spacial score (nSPS) is 17.6. The van der Waals surface area contributed by atoms with Crippen LogP contribution in [0.4, 0.5) is 4.39 Å². The Morgan fingerprint density at radius 3 is 2.75 bits per heavy atom. The van der Waals surface area contributed by atoms with Crippen molar-refractivity contribution < 1.29 is 14.3 Å². The average molecular weight is 280 g/mol. The van der Waals surface area contributed by atoms with Gasteiger partial charge in [-0.1, -0.05) is 0 Å². The van der Waals surface area contributed by atoms with E-state index in [0.29, 0.717) is 6.04 Å². The highest BCUT2D eigenvalue weighted by Gasteiger charge is 2.23. The minimum absolute atomic E-state index is 0.0600. The van der Waals surface area contributed by atoms with E-state index in [2.05, 4.69) is 11.9 Å². The van der Waals surface area contributed by atoms with Crippen LogP contribution >= 0.6 is 0 Å². The molecular formula is C15H21FN2O2. The summed E-state index contributed by atoms with van der Waals surface area (Å²) in [4.78, 5) is 16.4. The van der Waals surface area contributed by atoms with Gasteiger partial charge in [0.25, 0.3) is 0 Å². The molecule has 1 aromatic carbocycles. The second-order valence-corrected chi connectivity index (χ2v) is 5.53. The van der Waals surface area contributed by atoms with Crippen LogP contribution < -0.4 is 0 Å². The molecular weight excluding hydrogens is 259 g/mol. The number of carbonyl (C=O) groups is 1. The molecule has 20 heavy (non-hydrogen) atoms. The molecule has 0 amide bonds. The zero-order chi connectivity index (χ0) is 14.7. The van der Waals surface area contributed by atoms with Crippen LogP contribution in [-0.4, -0.2) is 60.5 Å². The van der Waals surface area contributed by atoms with Crippen molar-refractivity contribution in [2.45, 2.75) is 18.9 Å². The Morgan fingerprint density at radius 2 is 2.10 bits per heavy atom. The molecule has 0 aliphatic carbocycles. The maximum absolute atomic E-state index is 13.2. The Balaban J connectivity index is 1.98. The second kappa shape index (κ2) is 6.33. The van der Waals surface area contributed by atoms with E-state index >= 15 is 0 Å². The number of Topliss-reactive ketones (excluding diaryl/α,β-unsaturated/α-hetero) is 1. The van der Waals surface area contributed by atoms with E-state index in [4.69, 9.17) is 0 Å². The zero-order valence-electron chi connectivity index (χ0n) is 12.0. The first-order valence-electron chi connectivity index (χ1n) is 6.88. The maximum atomic E-state index is 13.2. The van der Waals surface area contributed by atoms with Crippen molar-refractivity contribution in [1.29, 1.82) is 0 Å². The molecule has 110 valence electrons. The van der Waals surface area contributed by atoms with Gasteiger partial charge in [-0.25, -0.2) is 4.39 Å². The SMILES string of the molecule is CN1CCC(N(C)CC(=O)c2cc(F)ccc2O)CC1. The van der Waals surface area contributed by atoms with Crippen LogP contribution in [0.1, 0.15) is 23.2 Å². The lowest BCUT2D eigenvalue weighted by molar-refractivity contribution is 0.0868. The Kier molecular flexibility index (Phi) is 4.73. The monoisotopic (exact) mass is 280 g/mol. The number of aromatic hydroxyl groups is 1. The summed E-state index contributed by atoms with van der Waals surface area (Å²) in [6.45, 7) is 2.24. The minimum atomic E-state index is -0.506. The van der Waals surface area contributed by atoms with Crippen molar-refractivity contribution in [1.82, 2.24) is 9.80 Å². The molecule has 1 fully saturated rings. The Labute approximate surface area is 118 Å². The first-order chi connectivity index (χ1) is 9.47. The van der Waals surface area contributed by atoms with Crippen molar-refractivity contribution >= 4 is 5.78 Å². The molecule has 5 heteroatoms. The summed E-state index contributed by atoms with van der Waals surface area (Å²) in [5, 5.41) is 9.65. The quantitative estimate of drug-likeness (QED) is 0.853. The molecule has 1 N–H and O–H groups in total. The number of phenols is 1. The van der Waals surface area contributed by atoms with Gasteiger partial charge in [0.05, 0.1) is 12.1 Å². The second-order valence-electron chi connectivity index (χ2n) is 5.53. The lowest BCUT2D eigenvalue weighted by Crippen LogP contribution is -2.43. The van der Waals surface area contributed by atoms with Crippen molar-refractivity contribution in [3.05, 3.63) is 29.6 Å². The molecule has 0 atom stereocenters. The van der Waals surface area contributed by atoms with Crippen LogP contribution in [0.2, 0.25) is 0 Å². The third kappa shape index (κ3) is 3.55. The van der Waals surface area contributed by atoms with E-state index in [1.54, 1.807) is 0 Å². The first-order valence-corrected chi connectivity index (χ1v) is 6.88. The molecule has 1 aliphatic heterocycles. The van der Waals surface area contributed by atoms with Crippen LogP contribution in [-0.2, 0) is 0 Å². The van der Waals surface area contributed by atoms with Gasteiger partial charge < -0.3 is 10.0 Å².